The first-order valence-electron chi connectivity index (χ1n) is 7.07. The third-order valence-electron chi connectivity index (χ3n) is 3.33. The van der Waals surface area contributed by atoms with Gasteiger partial charge in [0.25, 0.3) is 0 Å². The van der Waals surface area contributed by atoms with Crippen LogP contribution < -0.4 is 0 Å². The Labute approximate surface area is 129 Å². The second kappa shape index (κ2) is 6.80. The highest BCUT2D eigenvalue weighted by Gasteiger charge is 2.08. The van der Waals surface area contributed by atoms with Crippen LogP contribution in [0.3, 0.4) is 0 Å². The number of phenolic OH excluding ortho intramolecular Hbond substituents is 2. The molecular weight excluding hydrogens is 280 g/mol. The minimum Gasteiger partial charge on any atom is -0.508 e. The first-order valence-corrected chi connectivity index (χ1v) is 7.07. The highest BCUT2D eigenvalue weighted by molar-refractivity contribution is 5.88. The van der Waals surface area contributed by atoms with Gasteiger partial charge in [0.2, 0.25) is 0 Å². The zero-order chi connectivity index (χ0) is 16.1. The second-order valence-corrected chi connectivity index (χ2v) is 5.05. The quantitative estimate of drug-likeness (QED) is 0.731. The Balaban J connectivity index is 2.27. The van der Waals surface area contributed by atoms with Gasteiger partial charge in [-0.25, -0.2) is 4.79 Å². The third-order valence-corrected chi connectivity index (χ3v) is 3.33. The van der Waals surface area contributed by atoms with Crippen molar-refractivity contribution in [3.63, 3.8) is 0 Å². The molecule has 0 unspecified atom stereocenters. The maximum absolute atomic E-state index is 10.9. The van der Waals surface area contributed by atoms with Gasteiger partial charge in [0.1, 0.15) is 11.5 Å². The van der Waals surface area contributed by atoms with E-state index in [4.69, 9.17) is 5.11 Å². The van der Waals surface area contributed by atoms with Crippen LogP contribution in [-0.2, 0) is 6.42 Å². The van der Waals surface area contributed by atoms with Gasteiger partial charge in [0.15, 0.2) is 0 Å². The first kappa shape index (κ1) is 15.6. The summed E-state index contributed by atoms with van der Waals surface area (Å²) < 4.78 is 0. The molecule has 0 aliphatic rings. The Morgan fingerprint density at radius 1 is 1.05 bits per heavy atom. The second-order valence-electron chi connectivity index (χ2n) is 5.05. The number of benzene rings is 2. The molecule has 0 amide bonds. The first-order chi connectivity index (χ1) is 10.5. The topological polar surface area (TPSA) is 77.8 Å². The molecule has 2 rings (SSSR count). The number of rotatable bonds is 5. The van der Waals surface area contributed by atoms with Gasteiger partial charge < -0.3 is 15.3 Å². The standard InChI is InChI=1S/C18H18O4/c1-2-4-15-16(19)10-13(11-17(15)20)8-7-12-5-3-6-14(9-12)18(21)22/h3,5-11,19-20H,2,4H2,1H3,(H,21,22)/b8-7+. The number of phenols is 2. The molecule has 0 radical (unpaired) electrons. The summed E-state index contributed by atoms with van der Waals surface area (Å²) in [5.74, 6) is -0.837. The van der Waals surface area contributed by atoms with Crippen LogP contribution in [0.2, 0.25) is 0 Å². The van der Waals surface area contributed by atoms with Crippen LogP contribution in [0.25, 0.3) is 12.2 Å². The van der Waals surface area contributed by atoms with Crippen LogP contribution >= 0.6 is 0 Å². The van der Waals surface area contributed by atoms with Crippen LogP contribution in [0, 0.1) is 0 Å². The molecular formula is C18H18O4. The fourth-order valence-electron chi connectivity index (χ4n) is 2.23. The monoisotopic (exact) mass is 298 g/mol. The van der Waals surface area contributed by atoms with Gasteiger partial charge in [0.05, 0.1) is 5.56 Å². The van der Waals surface area contributed by atoms with Crippen molar-refractivity contribution in [2.75, 3.05) is 0 Å². The molecule has 0 aromatic heterocycles. The van der Waals surface area contributed by atoms with Crippen LogP contribution in [0.1, 0.15) is 40.4 Å². The van der Waals surface area contributed by atoms with E-state index in [-0.39, 0.29) is 17.1 Å². The predicted molar refractivity (Wildman–Crippen MR) is 86.1 cm³/mol. The summed E-state index contributed by atoms with van der Waals surface area (Å²) in [6.07, 6.45) is 4.90. The lowest BCUT2D eigenvalue weighted by atomic mass is 10.0. The summed E-state index contributed by atoms with van der Waals surface area (Å²) in [6.45, 7) is 1.97. The van der Waals surface area contributed by atoms with E-state index in [0.717, 1.165) is 12.0 Å². The Morgan fingerprint density at radius 3 is 2.27 bits per heavy atom. The van der Waals surface area contributed by atoms with Gasteiger partial charge in [0, 0.05) is 5.56 Å². The lowest BCUT2D eigenvalue weighted by Gasteiger charge is -2.07. The van der Waals surface area contributed by atoms with Crippen molar-refractivity contribution >= 4 is 18.1 Å². The maximum atomic E-state index is 10.9. The van der Waals surface area contributed by atoms with Crippen LogP contribution in [0.5, 0.6) is 11.5 Å². The summed E-state index contributed by atoms with van der Waals surface area (Å²) >= 11 is 0. The minimum atomic E-state index is -0.977. The van der Waals surface area contributed by atoms with Crippen LogP contribution in [0.4, 0.5) is 0 Å². The molecule has 2 aromatic rings. The molecule has 4 nitrogen and oxygen atoms in total. The Hall–Kier alpha value is -2.75. The van der Waals surface area contributed by atoms with Gasteiger partial charge in [-0.05, 0) is 41.8 Å². The number of carbonyl (C=O) groups is 1. The highest BCUT2D eigenvalue weighted by atomic mass is 16.4. The van der Waals surface area contributed by atoms with E-state index in [1.807, 2.05) is 6.92 Å². The summed E-state index contributed by atoms with van der Waals surface area (Å²) in [6, 6.07) is 9.71. The minimum absolute atomic E-state index is 0.0702. The third kappa shape index (κ3) is 3.67. The average molecular weight is 298 g/mol. The average Bonchev–Trinajstić information content (AvgIpc) is 2.49. The molecule has 0 spiro atoms. The molecule has 114 valence electrons. The molecule has 0 aliphatic heterocycles. The number of hydrogen-bond acceptors (Lipinski definition) is 3. The molecule has 0 heterocycles. The smallest absolute Gasteiger partial charge is 0.335 e. The Morgan fingerprint density at radius 2 is 1.68 bits per heavy atom. The summed E-state index contributed by atoms with van der Waals surface area (Å²) in [4.78, 5) is 10.9. The van der Waals surface area contributed by atoms with Crippen LogP contribution in [-0.4, -0.2) is 21.3 Å². The van der Waals surface area contributed by atoms with Crippen molar-refractivity contribution in [1.82, 2.24) is 0 Å². The molecule has 2 aromatic carbocycles. The fourth-order valence-corrected chi connectivity index (χ4v) is 2.23. The van der Waals surface area contributed by atoms with Crippen LogP contribution in [0.15, 0.2) is 36.4 Å². The SMILES string of the molecule is CCCc1c(O)cc(/C=C/c2cccc(C(=O)O)c2)cc1O. The van der Waals surface area contributed by atoms with E-state index in [0.29, 0.717) is 17.5 Å². The van der Waals surface area contributed by atoms with Crippen molar-refractivity contribution < 1.29 is 20.1 Å². The van der Waals surface area contributed by atoms with E-state index in [1.54, 1.807) is 42.5 Å². The molecule has 0 fully saturated rings. The van der Waals surface area contributed by atoms with Gasteiger partial charge in [-0.15, -0.1) is 0 Å². The number of carboxylic acid groups (broad SMARTS) is 1. The molecule has 0 saturated heterocycles. The molecule has 0 aliphatic carbocycles. The lowest BCUT2D eigenvalue weighted by Crippen LogP contribution is -1.95. The van der Waals surface area contributed by atoms with Gasteiger partial charge in [-0.1, -0.05) is 37.6 Å². The van der Waals surface area contributed by atoms with E-state index in [1.165, 1.54) is 6.07 Å². The largest absolute Gasteiger partial charge is 0.508 e. The van der Waals surface area contributed by atoms with Gasteiger partial charge in [-0.3, -0.25) is 0 Å². The van der Waals surface area contributed by atoms with Crippen molar-refractivity contribution in [2.45, 2.75) is 19.8 Å². The summed E-state index contributed by atoms with van der Waals surface area (Å²) in [5, 5.41) is 28.8. The van der Waals surface area contributed by atoms with Crippen molar-refractivity contribution in [3.05, 3.63) is 58.7 Å². The number of aromatic hydroxyl groups is 2. The summed E-state index contributed by atoms with van der Waals surface area (Å²) in [5.41, 5.74) is 2.14. The van der Waals surface area contributed by atoms with Crippen molar-refractivity contribution in [2.24, 2.45) is 0 Å². The fraction of sp³-hybridized carbons (Fsp3) is 0.167. The van der Waals surface area contributed by atoms with Crippen molar-refractivity contribution in [3.8, 4) is 11.5 Å². The maximum Gasteiger partial charge on any atom is 0.335 e. The predicted octanol–water partition coefficient (Wildman–Crippen LogP) is 3.92. The molecule has 4 heteroatoms. The molecule has 0 saturated carbocycles. The zero-order valence-electron chi connectivity index (χ0n) is 12.3. The number of carboxylic acids is 1. The normalized spacial score (nSPS) is 11.0. The van der Waals surface area contributed by atoms with Gasteiger partial charge >= 0.3 is 5.97 Å². The lowest BCUT2D eigenvalue weighted by molar-refractivity contribution is 0.0697. The van der Waals surface area contributed by atoms with E-state index >= 15 is 0 Å². The van der Waals surface area contributed by atoms with E-state index in [9.17, 15) is 15.0 Å². The summed E-state index contributed by atoms with van der Waals surface area (Å²) in [7, 11) is 0. The van der Waals surface area contributed by atoms with Gasteiger partial charge in [-0.2, -0.15) is 0 Å². The Kier molecular flexibility index (Phi) is 4.84. The van der Waals surface area contributed by atoms with E-state index < -0.39 is 5.97 Å². The number of aromatic carboxylic acids is 1. The molecule has 22 heavy (non-hydrogen) atoms. The molecule has 3 N–H and O–H groups in total. The number of hydrogen-bond donors (Lipinski definition) is 3. The van der Waals surface area contributed by atoms with E-state index in [2.05, 4.69) is 0 Å². The Bertz CT molecular complexity index is 694. The molecule has 0 bridgehead atoms. The van der Waals surface area contributed by atoms with Crippen molar-refractivity contribution in [1.29, 1.82) is 0 Å². The molecule has 0 atom stereocenters. The highest BCUT2D eigenvalue weighted by Crippen LogP contribution is 2.30. The zero-order valence-corrected chi connectivity index (χ0v) is 12.3.